The van der Waals surface area contributed by atoms with Gasteiger partial charge in [-0.2, -0.15) is 0 Å². The molecular formula is C24H28N4O4S3. The predicted octanol–water partition coefficient (Wildman–Crippen LogP) is 4.93. The fourth-order valence-electron chi connectivity index (χ4n) is 3.50. The molecular weight excluding hydrogens is 504 g/mol. The number of fused-ring (bicyclic) bond motifs is 1. The van der Waals surface area contributed by atoms with Crippen LogP contribution in [0.5, 0.6) is 5.75 Å². The monoisotopic (exact) mass is 532 g/mol. The Hall–Kier alpha value is -2.63. The zero-order chi connectivity index (χ0) is 25.4. The highest BCUT2D eigenvalue weighted by molar-refractivity contribution is 8.01. The van der Waals surface area contributed by atoms with E-state index in [1.54, 1.807) is 48.2 Å². The molecule has 1 atom stereocenters. The molecule has 1 aromatic heterocycles. The fourth-order valence-corrected chi connectivity index (χ4v) is 6.96. The summed E-state index contributed by atoms with van der Waals surface area (Å²) in [4.78, 5) is 13.3. The molecule has 0 spiro atoms. The first-order valence-corrected chi connectivity index (χ1v) is 14.3. The molecule has 0 fully saturated rings. The highest BCUT2D eigenvalue weighted by atomic mass is 32.2. The van der Waals surface area contributed by atoms with Crippen LogP contribution >= 0.6 is 23.1 Å². The first-order chi connectivity index (χ1) is 16.4. The van der Waals surface area contributed by atoms with Crippen LogP contribution in [-0.2, 0) is 20.2 Å². The van der Waals surface area contributed by atoms with Crippen LogP contribution < -0.4 is 14.4 Å². The Kier molecular flexibility index (Phi) is 7.12. The third kappa shape index (κ3) is 5.62. The number of hydrogen-bond acceptors (Lipinski definition) is 8. The van der Waals surface area contributed by atoms with Crippen molar-refractivity contribution in [3.63, 3.8) is 0 Å². The van der Waals surface area contributed by atoms with Crippen LogP contribution in [0.3, 0.4) is 0 Å². The molecule has 0 unspecified atom stereocenters. The number of ether oxygens (including phenoxy) is 1. The van der Waals surface area contributed by atoms with E-state index in [4.69, 9.17) is 4.74 Å². The molecule has 0 saturated carbocycles. The Morgan fingerprint density at radius 3 is 2.54 bits per heavy atom. The van der Waals surface area contributed by atoms with E-state index in [1.165, 1.54) is 15.6 Å². The van der Waals surface area contributed by atoms with Crippen molar-refractivity contribution in [3.8, 4) is 5.75 Å². The summed E-state index contributed by atoms with van der Waals surface area (Å²) in [6.07, 6.45) is -1.06. The summed E-state index contributed by atoms with van der Waals surface area (Å²) in [6, 6.07) is 13.6. The first-order valence-electron chi connectivity index (χ1n) is 11.1. The van der Waals surface area contributed by atoms with Crippen LogP contribution in [0, 0.1) is 0 Å². The lowest BCUT2D eigenvalue weighted by atomic mass is 9.86. The van der Waals surface area contributed by atoms with E-state index in [0.29, 0.717) is 21.8 Å². The number of amides is 1. The van der Waals surface area contributed by atoms with Crippen LogP contribution in [-0.4, -0.2) is 42.4 Å². The third-order valence-corrected chi connectivity index (χ3v) is 9.01. The Bertz CT molecular complexity index is 1320. The van der Waals surface area contributed by atoms with Gasteiger partial charge in [0.2, 0.25) is 5.13 Å². The van der Waals surface area contributed by atoms with Gasteiger partial charge in [0.05, 0.1) is 17.1 Å². The van der Waals surface area contributed by atoms with Crippen LogP contribution in [0.2, 0.25) is 0 Å². The summed E-state index contributed by atoms with van der Waals surface area (Å²) in [5.41, 5.74) is 1.17. The standard InChI is InChI=1S/C24H28N4O4S3/c1-15(2)33-23-27-26-22(34-23)25-21(29)20-14-28(35(30,31)17-9-7-6-8-10-17)18-13-16(24(3,4)5)11-12-19(18)32-20/h6-13,15,20H,14H2,1-5H3,(H,25,26,29)/t20-/m0/s1. The maximum Gasteiger partial charge on any atom is 0.269 e. The van der Waals surface area contributed by atoms with Crippen LogP contribution in [0.4, 0.5) is 10.8 Å². The molecule has 0 aliphatic carbocycles. The predicted molar refractivity (Wildman–Crippen MR) is 140 cm³/mol. The molecule has 1 aliphatic rings. The number of sulfonamides is 1. The summed E-state index contributed by atoms with van der Waals surface area (Å²) in [5.74, 6) is -0.154. The Morgan fingerprint density at radius 1 is 1.17 bits per heavy atom. The number of thioether (sulfide) groups is 1. The van der Waals surface area contributed by atoms with E-state index in [2.05, 4.69) is 36.3 Å². The van der Waals surface area contributed by atoms with E-state index in [-0.39, 0.29) is 16.9 Å². The Balaban J connectivity index is 1.67. The summed E-state index contributed by atoms with van der Waals surface area (Å²) in [6.45, 7) is 10.1. The number of hydrogen-bond donors (Lipinski definition) is 1. The molecule has 1 N–H and O–H groups in total. The molecule has 4 rings (SSSR count). The van der Waals surface area contributed by atoms with Crippen LogP contribution in [0.1, 0.15) is 40.2 Å². The van der Waals surface area contributed by atoms with Gasteiger partial charge in [0.15, 0.2) is 10.4 Å². The molecule has 2 aromatic carbocycles. The highest BCUT2D eigenvalue weighted by Crippen LogP contribution is 2.40. The normalized spacial score (nSPS) is 16.1. The third-order valence-electron chi connectivity index (χ3n) is 5.29. The van der Waals surface area contributed by atoms with Crippen molar-refractivity contribution in [3.05, 3.63) is 54.1 Å². The number of benzene rings is 2. The first kappa shape index (κ1) is 25.5. The summed E-state index contributed by atoms with van der Waals surface area (Å²) in [5, 5.41) is 11.5. The quantitative estimate of drug-likeness (QED) is 0.355. The lowest BCUT2D eigenvalue weighted by molar-refractivity contribution is -0.122. The smallest absolute Gasteiger partial charge is 0.269 e. The highest BCUT2D eigenvalue weighted by Gasteiger charge is 2.38. The SMILES string of the molecule is CC(C)Sc1nnc(NC(=O)[C@@H]2CN(S(=O)(=O)c3ccccc3)c3cc(C(C)(C)C)ccc3O2)s1. The zero-order valence-corrected chi connectivity index (χ0v) is 22.6. The van der Waals surface area contributed by atoms with Gasteiger partial charge in [-0.15, -0.1) is 10.2 Å². The number of anilines is 2. The van der Waals surface area contributed by atoms with Gasteiger partial charge >= 0.3 is 0 Å². The molecule has 0 bridgehead atoms. The minimum atomic E-state index is -3.94. The maximum absolute atomic E-state index is 13.7. The lowest BCUT2D eigenvalue weighted by Gasteiger charge is -2.35. The number of nitrogens with zero attached hydrogens (tertiary/aromatic N) is 3. The number of carbonyl (C=O) groups excluding carboxylic acids is 1. The van der Waals surface area contributed by atoms with E-state index >= 15 is 0 Å². The Morgan fingerprint density at radius 2 is 1.89 bits per heavy atom. The second-order valence-electron chi connectivity index (χ2n) is 9.42. The van der Waals surface area contributed by atoms with Gasteiger partial charge in [0, 0.05) is 5.25 Å². The molecule has 186 valence electrons. The minimum absolute atomic E-state index is 0.146. The molecule has 2 heterocycles. The minimum Gasteiger partial charge on any atom is -0.476 e. The van der Waals surface area contributed by atoms with Crippen LogP contribution in [0.25, 0.3) is 0 Å². The summed E-state index contributed by atoms with van der Waals surface area (Å²) in [7, 11) is -3.94. The molecule has 11 heteroatoms. The number of carbonyl (C=O) groups is 1. The maximum atomic E-state index is 13.7. The van der Waals surface area contributed by atoms with Crippen molar-refractivity contribution in [2.24, 2.45) is 0 Å². The van der Waals surface area contributed by atoms with Crippen molar-refractivity contribution < 1.29 is 17.9 Å². The largest absolute Gasteiger partial charge is 0.476 e. The summed E-state index contributed by atoms with van der Waals surface area (Å²) >= 11 is 2.82. The van der Waals surface area contributed by atoms with Crippen LogP contribution in [0.15, 0.2) is 57.8 Å². The molecule has 35 heavy (non-hydrogen) atoms. The van der Waals surface area contributed by atoms with Gasteiger partial charge in [-0.3, -0.25) is 14.4 Å². The van der Waals surface area contributed by atoms with E-state index in [1.807, 2.05) is 26.0 Å². The van der Waals surface area contributed by atoms with Crippen molar-refractivity contribution >= 4 is 49.8 Å². The van der Waals surface area contributed by atoms with Gasteiger partial charge in [-0.05, 0) is 35.2 Å². The van der Waals surface area contributed by atoms with Gasteiger partial charge in [0.1, 0.15) is 5.75 Å². The molecule has 0 saturated heterocycles. The molecule has 8 nitrogen and oxygen atoms in total. The average Bonchev–Trinajstić information content (AvgIpc) is 3.23. The Labute approximate surface area is 214 Å². The molecule has 1 amide bonds. The van der Waals surface area contributed by atoms with Crippen molar-refractivity contribution in [2.75, 3.05) is 16.2 Å². The number of rotatable bonds is 6. The van der Waals surface area contributed by atoms with Crippen molar-refractivity contribution in [2.45, 2.75) is 60.6 Å². The number of nitrogens with one attached hydrogen (secondary N) is 1. The van der Waals surface area contributed by atoms with E-state index in [9.17, 15) is 13.2 Å². The molecule has 3 aromatic rings. The molecule has 0 radical (unpaired) electrons. The second kappa shape index (κ2) is 9.79. The number of aromatic nitrogens is 2. The van der Waals surface area contributed by atoms with Gasteiger partial charge in [-0.25, -0.2) is 8.42 Å². The lowest BCUT2D eigenvalue weighted by Crippen LogP contribution is -2.49. The van der Waals surface area contributed by atoms with Gasteiger partial charge < -0.3 is 4.74 Å². The molecule has 1 aliphatic heterocycles. The average molecular weight is 533 g/mol. The second-order valence-corrected chi connectivity index (χ2v) is 14.1. The van der Waals surface area contributed by atoms with Crippen molar-refractivity contribution in [1.82, 2.24) is 10.2 Å². The van der Waals surface area contributed by atoms with E-state index < -0.39 is 22.0 Å². The zero-order valence-electron chi connectivity index (χ0n) is 20.2. The fraction of sp³-hybridized carbons (Fsp3) is 0.375. The van der Waals surface area contributed by atoms with E-state index in [0.717, 1.165) is 9.90 Å². The van der Waals surface area contributed by atoms with Gasteiger partial charge in [0.25, 0.3) is 15.9 Å². The summed E-state index contributed by atoms with van der Waals surface area (Å²) < 4.78 is 35.3. The topological polar surface area (TPSA) is 101 Å². The van der Waals surface area contributed by atoms with Gasteiger partial charge in [-0.1, -0.05) is 82.0 Å². The van der Waals surface area contributed by atoms with Crippen molar-refractivity contribution in [1.29, 1.82) is 0 Å².